The highest BCUT2D eigenvalue weighted by molar-refractivity contribution is 5.98. The molecule has 38 heavy (non-hydrogen) atoms. The molecule has 194 valence electrons. The van der Waals surface area contributed by atoms with Crippen LogP contribution in [0.25, 0.3) is 5.65 Å². The number of carbonyl (C=O) groups is 3. The Balaban J connectivity index is 1.41. The van der Waals surface area contributed by atoms with Crippen LogP contribution >= 0.6 is 0 Å². The van der Waals surface area contributed by atoms with Crippen LogP contribution in [0.4, 0.5) is 13.2 Å². The molecule has 0 saturated carbocycles. The number of hydrogen-bond donors (Lipinski definition) is 3. The van der Waals surface area contributed by atoms with E-state index in [0.717, 1.165) is 28.9 Å². The van der Waals surface area contributed by atoms with Gasteiger partial charge in [-0.3, -0.25) is 14.4 Å². The summed E-state index contributed by atoms with van der Waals surface area (Å²) < 4.78 is 41.9. The van der Waals surface area contributed by atoms with Crippen molar-refractivity contribution in [2.24, 2.45) is 0 Å². The van der Waals surface area contributed by atoms with Crippen LogP contribution in [0.5, 0.6) is 0 Å². The summed E-state index contributed by atoms with van der Waals surface area (Å²) in [6.07, 6.45) is 0.0634. The maximum atomic E-state index is 14.4. The van der Waals surface area contributed by atoms with Crippen LogP contribution in [0.1, 0.15) is 61.0 Å². The highest BCUT2D eigenvalue weighted by atomic mass is 19.2. The summed E-state index contributed by atoms with van der Waals surface area (Å²) >= 11 is 0. The third-order valence-electron chi connectivity index (χ3n) is 6.32. The van der Waals surface area contributed by atoms with Crippen molar-refractivity contribution >= 4 is 23.2 Å². The Labute approximate surface area is 213 Å². The largest absolute Gasteiger partial charge is 0.390 e. The average molecular weight is 523 g/mol. The van der Waals surface area contributed by atoms with Crippen molar-refractivity contribution in [3.8, 4) is 0 Å². The standard InChI is InChI=1S/C26H20F3N5O4/c1-12(35)14-3-4-16-15(7-14)8-22(36)23(16)33-26(38)21-9-20(32-24-19(29)11-31-34(21)24)25(37)30-10-13-2-5-17(27)18(28)6-13/h2-7,9,11,22-23,36H,8,10H2,1H3,(H,30,37)(H,33,38)/t22-,23+/m0/s1. The van der Waals surface area contributed by atoms with Crippen molar-refractivity contribution in [1.29, 1.82) is 0 Å². The molecule has 2 amide bonds. The topological polar surface area (TPSA) is 126 Å². The number of rotatable bonds is 6. The molecule has 0 aliphatic heterocycles. The third-order valence-corrected chi connectivity index (χ3v) is 6.32. The second-order valence-corrected chi connectivity index (χ2v) is 8.88. The van der Waals surface area contributed by atoms with Gasteiger partial charge in [-0.1, -0.05) is 18.2 Å². The van der Waals surface area contributed by atoms with E-state index in [1.54, 1.807) is 18.2 Å². The zero-order valence-electron chi connectivity index (χ0n) is 19.8. The Morgan fingerprint density at radius 3 is 2.55 bits per heavy atom. The van der Waals surface area contributed by atoms with Crippen LogP contribution in [0.15, 0.2) is 48.7 Å². The second kappa shape index (κ2) is 9.71. The summed E-state index contributed by atoms with van der Waals surface area (Å²) in [5.41, 5.74) is 1.16. The van der Waals surface area contributed by atoms with Crippen molar-refractivity contribution in [3.05, 3.63) is 99.8 Å². The summed E-state index contributed by atoms with van der Waals surface area (Å²) in [4.78, 5) is 41.7. The van der Waals surface area contributed by atoms with E-state index in [1.807, 2.05) is 0 Å². The number of nitrogens with one attached hydrogen (secondary N) is 2. The maximum Gasteiger partial charge on any atom is 0.270 e. The minimum atomic E-state index is -1.08. The Kier molecular flexibility index (Phi) is 6.41. The molecule has 0 fully saturated rings. The normalized spacial score (nSPS) is 16.3. The predicted molar refractivity (Wildman–Crippen MR) is 127 cm³/mol. The number of Topliss-reactive ketones (excluding diaryl/α,β-unsaturated/α-hetero) is 1. The molecule has 9 nitrogen and oxygen atoms in total. The van der Waals surface area contributed by atoms with E-state index in [9.17, 15) is 32.7 Å². The Morgan fingerprint density at radius 1 is 1.03 bits per heavy atom. The van der Waals surface area contributed by atoms with E-state index >= 15 is 0 Å². The van der Waals surface area contributed by atoms with Gasteiger partial charge in [-0.25, -0.2) is 22.7 Å². The molecule has 1 aliphatic rings. The number of hydrogen-bond acceptors (Lipinski definition) is 6. The summed E-state index contributed by atoms with van der Waals surface area (Å²) in [7, 11) is 0. The van der Waals surface area contributed by atoms with Crippen molar-refractivity contribution in [3.63, 3.8) is 0 Å². The fraction of sp³-hybridized carbons (Fsp3) is 0.192. The van der Waals surface area contributed by atoms with Crippen molar-refractivity contribution in [2.45, 2.75) is 32.0 Å². The molecule has 2 heterocycles. The highest BCUT2D eigenvalue weighted by Gasteiger charge is 2.33. The van der Waals surface area contributed by atoms with Gasteiger partial charge in [0.15, 0.2) is 28.9 Å². The van der Waals surface area contributed by atoms with E-state index in [4.69, 9.17) is 0 Å². The molecule has 0 radical (unpaired) electrons. The van der Waals surface area contributed by atoms with Crippen molar-refractivity contribution in [1.82, 2.24) is 25.2 Å². The predicted octanol–water partition coefficient (Wildman–Crippen LogP) is 2.67. The van der Waals surface area contributed by atoms with Gasteiger partial charge >= 0.3 is 0 Å². The summed E-state index contributed by atoms with van der Waals surface area (Å²) in [5.74, 6) is -4.68. The van der Waals surface area contributed by atoms with Gasteiger partial charge in [0.2, 0.25) is 0 Å². The maximum absolute atomic E-state index is 14.4. The second-order valence-electron chi connectivity index (χ2n) is 8.88. The van der Waals surface area contributed by atoms with Crippen LogP contribution in [0, 0.1) is 17.5 Å². The first-order valence-electron chi connectivity index (χ1n) is 11.5. The van der Waals surface area contributed by atoms with E-state index < -0.39 is 41.4 Å². The third kappa shape index (κ3) is 4.61. The highest BCUT2D eigenvalue weighted by Crippen LogP contribution is 2.32. The van der Waals surface area contributed by atoms with E-state index in [-0.39, 0.29) is 41.3 Å². The number of aliphatic hydroxyl groups excluding tert-OH is 1. The lowest BCUT2D eigenvalue weighted by atomic mass is 10.0. The molecule has 5 rings (SSSR count). The van der Waals surface area contributed by atoms with Crippen LogP contribution in [0.3, 0.4) is 0 Å². The molecular weight excluding hydrogens is 503 g/mol. The van der Waals surface area contributed by atoms with E-state index in [0.29, 0.717) is 16.7 Å². The van der Waals surface area contributed by atoms with Gasteiger partial charge in [0.05, 0.1) is 18.3 Å². The van der Waals surface area contributed by atoms with Crippen LogP contribution < -0.4 is 10.6 Å². The molecule has 0 saturated heterocycles. The number of aromatic nitrogens is 3. The lowest BCUT2D eigenvalue weighted by Crippen LogP contribution is -2.35. The van der Waals surface area contributed by atoms with Crippen molar-refractivity contribution in [2.75, 3.05) is 0 Å². The molecule has 4 aromatic rings. The summed E-state index contributed by atoms with van der Waals surface area (Å²) in [6.45, 7) is 1.25. The average Bonchev–Trinajstić information content (AvgIpc) is 3.42. The first-order chi connectivity index (χ1) is 18.1. The number of fused-ring (bicyclic) bond motifs is 2. The SMILES string of the molecule is CC(=O)c1ccc2c(c1)C[C@H](O)[C@@H]2NC(=O)c1cc(C(=O)NCc2ccc(F)c(F)c2)nc2c(F)cnn12. The minimum Gasteiger partial charge on any atom is -0.390 e. The molecule has 1 aliphatic carbocycles. The molecule has 12 heteroatoms. The molecule has 0 unspecified atom stereocenters. The van der Waals surface area contributed by atoms with E-state index in [2.05, 4.69) is 20.7 Å². The van der Waals surface area contributed by atoms with E-state index in [1.165, 1.54) is 13.0 Å². The summed E-state index contributed by atoms with van der Waals surface area (Å²) in [5, 5.41) is 19.6. The number of aliphatic hydroxyl groups is 1. The van der Waals surface area contributed by atoms with Gasteiger partial charge in [-0.2, -0.15) is 5.10 Å². The molecule has 2 aromatic carbocycles. The summed E-state index contributed by atoms with van der Waals surface area (Å²) in [6, 6.07) is 8.32. The number of benzene rings is 2. The molecule has 0 spiro atoms. The van der Waals surface area contributed by atoms with Gasteiger partial charge in [0.1, 0.15) is 11.4 Å². The van der Waals surface area contributed by atoms with Crippen LogP contribution in [0.2, 0.25) is 0 Å². The first-order valence-corrected chi connectivity index (χ1v) is 11.5. The Bertz CT molecular complexity index is 1620. The van der Waals surface area contributed by atoms with Gasteiger partial charge in [0.25, 0.3) is 11.8 Å². The number of carbonyl (C=O) groups excluding carboxylic acids is 3. The first kappa shape index (κ1) is 25.1. The number of amides is 2. The van der Waals surface area contributed by atoms with Crippen LogP contribution in [-0.4, -0.2) is 43.4 Å². The number of halogens is 3. The lowest BCUT2D eigenvalue weighted by molar-refractivity contribution is 0.0850. The molecule has 0 bridgehead atoms. The van der Waals surface area contributed by atoms with Crippen molar-refractivity contribution < 1.29 is 32.7 Å². The minimum absolute atomic E-state index is 0.134. The number of nitrogens with zero attached hydrogens (tertiary/aromatic N) is 3. The van der Waals surface area contributed by atoms with Crippen LogP contribution in [-0.2, 0) is 13.0 Å². The monoisotopic (exact) mass is 523 g/mol. The quantitative estimate of drug-likeness (QED) is 0.334. The molecule has 3 N–H and O–H groups in total. The fourth-order valence-corrected chi connectivity index (χ4v) is 4.38. The molecule has 2 aromatic heterocycles. The Morgan fingerprint density at radius 2 is 1.82 bits per heavy atom. The molecular formula is C26H20F3N5O4. The molecule has 2 atom stereocenters. The van der Waals surface area contributed by atoms with Gasteiger partial charge in [-0.05, 0) is 41.8 Å². The Hall–Kier alpha value is -4.58. The van der Waals surface area contributed by atoms with Gasteiger partial charge < -0.3 is 15.7 Å². The van der Waals surface area contributed by atoms with Gasteiger partial charge in [0, 0.05) is 24.6 Å². The van der Waals surface area contributed by atoms with Gasteiger partial charge in [-0.15, -0.1) is 0 Å². The zero-order valence-corrected chi connectivity index (χ0v) is 19.8. The number of ketones is 1. The fourth-order valence-electron chi connectivity index (χ4n) is 4.38. The lowest BCUT2D eigenvalue weighted by Gasteiger charge is -2.18. The smallest absolute Gasteiger partial charge is 0.270 e. The zero-order chi connectivity index (χ0) is 27.1.